The fourth-order valence-corrected chi connectivity index (χ4v) is 6.36. The first-order chi connectivity index (χ1) is 23.3. The Bertz CT molecular complexity index is 1820. The van der Waals surface area contributed by atoms with Crippen molar-refractivity contribution in [1.82, 2.24) is 36.2 Å². The van der Waals surface area contributed by atoms with Gasteiger partial charge in [-0.2, -0.15) is 0 Å². The zero-order chi connectivity index (χ0) is 33.6. The van der Waals surface area contributed by atoms with Crippen LogP contribution in [0.4, 0.5) is 15.9 Å². The number of pyridine rings is 3. The van der Waals surface area contributed by atoms with Crippen molar-refractivity contribution in [3.63, 3.8) is 0 Å². The number of carbonyl (C=O) groups is 2. The predicted octanol–water partition coefficient (Wildman–Crippen LogP) is 4.80. The molecule has 2 saturated heterocycles. The topological polar surface area (TPSA) is 142 Å². The molecule has 13 heteroatoms. The minimum absolute atomic E-state index is 0.0489. The van der Waals surface area contributed by atoms with Crippen LogP contribution in [0.2, 0.25) is 5.02 Å². The Balaban J connectivity index is 1.17. The van der Waals surface area contributed by atoms with Crippen LogP contribution in [-0.2, 0) is 22.7 Å². The second kappa shape index (κ2) is 15.1. The van der Waals surface area contributed by atoms with Gasteiger partial charge in [-0.05, 0) is 49.6 Å². The van der Waals surface area contributed by atoms with E-state index < -0.39 is 5.82 Å². The summed E-state index contributed by atoms with van der Waals surface area (Å²) < 4.78 is 21.1. The first kappa shape index (κ1) is 33.3. The van der Waals surface area contributed by atoms with Crippen LogP contribution in [-0.4, -0.2) is 59.0 Å². The molecular formula is C35H38ClFN8O3. The number of nitrogens with zero attached hydrogens (tertiary/aromatic N) is 3. The number of hydrogen-bond donors (Lipinski definition) is 5. The Morgan fingerprint density at radius 2 is 1.58 bits per heavy atom. The Hall–Kier alpha value is -4.65. The van der Waals surface area contributed by atoms with E-state index in [1.165, 1.54) is 0 Å². The van der Waals surface area contributed by atoms with Crippen molar-refractivity contribution in [3.05, 3.63) is 82.4 Å². The van der Waals surface area contributed by atoms with E-state index in [0.29, 0.717) is 78.1 Å². The molecule has 1 aromatic carbocycles. The van der Waals surface area contributed by atoms with E-state index in [4.69, 9.17) is 21.3 Å². The Kier molecular flexibility index (Phi) is 10.4. The molecule has 6 rings (SSSR count). The number of carbonyl (C=O) groups excluding carboxylic acids is 2. The van der Waals surface area contributed by atoms with Crippen molar-refractivity contribution in [2.24, 2.45) is 0 Å². The van der Waals surface area contributed by atoms with Gasteiger partial charge < -0.3 is 31.3 Å². The number of methoxy groups -OCH3 is 1. The average molecular weight is 673 g/mol. The van der Waals surface area contributed by atoms with E-state index in [1.54, 1.807) is 25.6 Å². The summed E-state index contributed by atoms with van der Waals surface area (Å²) in [7, 11) is 1.58. The van der Waals surface area contributed by atoms with Gasteiger partial charge in [0.25, 0.3) is 0 Å². The fourth-order valence-electron chi connectivity index (χ4n) is 6.05. The van der Waals surface area contributed by atoms with Gasteiger partial charge in [0.05, 0.1) is 23.5 Å². The number of aromatic nitrogens is 3. The molecule has 0 radical (unpaired) electrons. The lowest BCUT2D eigenvalue weighted by atomic mass is 10.0. The van der Waals surface area contributed by atoms with Crippen molar-refractivity contribution in [1.29, 1.82) is 0 Å². The molecule has 2 aliphatic rings. The SMILES string of the molecule is COc1nc(-c2ccnc(-c3cccc(Nc4nccc(CNC[C@@H]5CCC(=O)N5)c4F)c3C)c2Cl)ccc1CNC[C@@H]1CCC(=O)N1. The Morgan fingerprint density at radius 3 is 2.25 bits per heavy atom. The van der Waals surface area contributed by atoms with Crippen LogP contribution in [0.3, 0.4) is 0 Å². The monoisotopic (exact) mass is 672 g/mol. The highest BCUT2D eigenvalue weighted by atomic mass is 35.5. The fraction of sp³-hybridized carbons (Fsp3) is 0.343. The van der Waals surface area contributed by atoms with E-state index in [0.717, 1.165) is 29.5 Å². The quantitative estimate of drug-likeness (QED) is 0.135. The van der Waals surface area contributed by atoms with Crippen LogP contribution in [0.15, 0.2) is 54.9 Å². The van der Waals surface area contributed by atoms with Gasteiger partial charge in [0.1, 0.15) is 0 Å². The highest BCUT2D eigenvalue weighted by Crippen LogP contribution is 2.38. The lowest BCUT2D eigenvalue weighted by Gasteiger charge is -2.17. The molecule has 5 N–H and O–H groups in total. The summed E-state index contributed by atoms with van der Waals surface area (Å²) in [5, 5.41) is 16.1. The maximum atomic E-state index is 15.5. The largest absolute Gasteiger partial charge is 0.481 e. The molecule has 2 amide bonds. The highest BCUT2D eigenvalue weighted by Gasteiger charge is 2.22. The molecular weight excluding hydrogens is 635 g/mol. The molecule has 2 atom stereocenters. The van der Waals surface area contributed by atoms with Gasteiger partial charge in [-0.15, -0.1) is 0 Å². The van der Waals surface area contributed by atoms with E-state index in [-0.39, 0.29) is 29.7 Å². The van der Waals surface area contributed by atoms with Gasteiger partial charge in [-0.1, -0.05) is 29.8 Å². The molecule has 5 heterocycles. The summed E-state index contributed by atoms with van der Waals surface area (Å²) in [4.78, 5) is 36.6. The van der Waals surface area contributed by atoms with E-state index in [1.807, 2.05) is 43.3 Å². The van der Waals surface area contributed by atoms with E-state index in [9.17, 15) is 9.59 Å². The van der Waals surface area contributed by atoms with Crippen molar-refractivity contribution in [3.8, 4) is 28.4 Å². The summed E-state index contributed by atoms with van der Waals surface area (Å²) in [6, 6.07) is 13.1. The van der Waals surface area contributed by atoms with Crippen LogP contribution >= 0.6 is 11.6 Å². The van der Waals surface area contributed by atoms with E-state index in [2.05, 4.69) is 36.6 Å². The summed E-state index contributed by atoms with van der Waals surface area (Å²) in [5.41, 5.74) is 5.48. The van der Waals surface area contributed by atoms with Crippen molar-refractivity contribution < 1.29 is 18.7 Å². The minimum atomic E-state index is -0.451. The molecule has 2 aliphatic heterocycles. The molecule has 250 valence electrons. The molecule has 48 heavy (non-hydrogen) atoms. The molecule has 2 fully saturated rings. The number of halogens is 2. The van der Waals surface area contributed by atoms with Crippen LogP contribution in [0.1, 0.15) is 42.4 Å². The smallest absolute Gasteiger partial charge is 0.220 e. The van der Waals surface area contributed by atoms with E-state index >= 15 is 4.39 Å². The molecule has 0 bridgehead atoms. The van der Waals surface area contributed by atoms with Gasteiger partial charge in [-0.25, -0.2) is 14.4 Å². The molecule has 0 saturated carbocycles. The summed E-state index contributed by atoms with van der Waals surface area (Å²) in [6.45, 7) is 3.98. The van der Waals surface area contributed by atoms with Gasteiger partial charge in [-0.3, -0.25) is 14.6 Å². The first-order valence-electron chi connectivity index (χ1n) is 16.0. The van der Waals surface area contributed by atoms with Crippen LogP contribution < -0.4 is 31.3 Å². The third kappa shape index (κ3) is 7.56. The molecule has 4 aromatic rings. The predicted molar refractivity (Wildman–Crippen MR) is 182 cm³/mol. The standard InChI is InChI=1S/C35H38ClFN8O3/c1-20-25(4-3-5-27(20)44-34-32(37)21(12-14-41-34)16-38-18-23-7-10-29(46)42-23)33-31(36)26(13-15-40-33)28-9-6-22(35(45-28)48-2)17-39-19-24-8-11-30(47)43-24/h3-6,9,12-15,23-24,38-39H,7-8,10-11,16-19H2,1-2H3,(H,41,44)(H,42,46)(H,43,47)/t23-,24-/m0/s1. The second-order valence-corrected chi connectivity index (χ2v) is 12.4. The van der Waals surface area contributed by atoms with Crippen LogP contribution in [0, 0.1) is 12.7 Å². The number of rotatable bonds is 13. The maximum Gasteiger partial charge on any atom is 0.220 e. The summed E-state index contributed by atoms with van der Waals surface area (Å²) in [5.74, 6) is 0.269. The number of anilines is 2. The maximum absolute atomic E-state index is 15.5. The average Bonchev–Trinajstić information content (AvgIpc) is 3.70. The number of nitrogens with one attached hydrogen (secondary N) is 5. The molecule has 0 aliphatic carbocycles. The number of ether oxygens (including phenoxy) is 1. The first-order valence-corrected chi connectivity index (χ1v) is 16.4. The lowest BCUT2D eigenvalue weighted by Crippen LogP contribution is -2.35. The summed E-state index contributed by atoms with van der Waals surface area (Å²) >= 11 is 7.00. The van der Waals surface area contributed by atoms with Crippen molar-refractivity contribution in [2.75, 3.05) is 25.5 Å². The third-order valence-electron chi connectivity index (χ3n) is 8.69. The Labute approximate surface area is 283 Å². The van der Waals surface area contributed by atoms with Crippen molar-refractivity contribution in [2.45, 2.75) is 57.8 Å². The zero-order valence-corrected chi connectivity index (χ0v) is 27.6. The van der Waals surface area contributed by atoms with Crippen LogP contribution in [0.25, 0.3) is 22.5 Å². The normalized spacial score (nSPS) is 17.3. The van der Waals surface area contributed by atoms with Gasteiger partial charge >= 0.3 is 0 Å². The lowest BCUT2D eigenvalue weighted by molar-refractivity contribution is -0.120. The molecule has 11 nitrogen and oxygen atoms in total. The number of benzene rings is 1. The molecule has 3 aromatic heterocycles. The third-order valence-corrected chi connectivity index (χ3v) is 9.07. The van der Waals surface area contributed by atoms with Crippen molar-refractivity contribution >= 4 is 34.9 Å². The molecule has 0 spiro atoms. The van der Waals surface area contributed by atoms with Gasteiger partial charge in [0.15, 0.2) is 11.6 Å². The molecule has 0 unspecified atom stereocenters. The summed E-state index contributed by atoms with van der Waals surface area (Å²) in [6.07, 6.45) is 5.93. The van der Waals surface area contributed by atoms with Gasteiger partial charge in [0.2, 0.25) is 17.7 Å². The highest BCUT2D eigenvalue weighted by molar-refractivity contribution is 6.35. The minimum Gasteiger partial charge on any atom is -0.481 e. The number of hydrogen-bond acceptors (Lipinski definition) is 9. The zero-order valence-electron chi connectivity index (χ0n) is 26.8. The second-order valence-electron chi connectivity index (χ2n) is 12.0. The number of amides is 2. The van der Waals surface area contributed by atoms with Crippen LogP contribution in [0.5, 0.6) is 5.88 Å². The van der Waals surface area contributed by atoms with Gasteiger partial charge in [0, 0.05) is 91.4 Å². The Morgan fingerprint density at radius 1 is 0.896 bits per heavy atom.